The number of piperidine rings is 1. The molecule has 0 unspecified atom stereocenters. The molecule has 7 nitrogen and oxygen atoms in total. The molecule has 0 spiro atoms. The van der Waals surface area contributed by atoms with E-state index in [1.165, 1.54) is 0 Å². The highest BCUT2D eigenvalue weighted by atomic mass is 16.4. The number of aromatic nitrogens is 5. The maximum Gasteiger partial charge on any atom is 0.298 e. The number of aromatic amines is 1. The monoisotopic (exact) mass is 372 g/mol. The van der Waals surface area contributed by atoms with Crippen LogP contribution in [0.15, 0.2) is 53.3 Å². The number of benzene rings is 1. The summed E-state index contributed by atoms with van der Waals surface area (Å²) >= 11 is 0. The van der Waals surface area contributed by atoms with E-state index in [0.29, 0.717) is 11.9 Å². The average Bonchev–Trinajstić information content (AvgIpc) is 3.44. The number of rotatable bonds is 2. The van der Waals surface area contributed by atoms with Crippen molar-refractivity contribution in [2.45, 2.75) is 19.3 Å². The molecule has 1 aliphatic rings. The Morgan fingerprint density at radius 1 is 1.14 bits per heavy atom. The second-order valence-electron chi connectivity index (χ2n) is 7.63. The zero-order chi connectivity index (χ0) is 18.7. The van der Waals surface area contributed by atoms with Crippen molar-refractivity contribution in [3.05, 3.63) is 54.7 Å². The molecule has 0 bridgehead atoms. The quantitative estimate of drug-likeness (QED) is 0.507. The highest BCUT2D eigenvalue weighted by Crippen LogP contribution is 2.35. The lowest BCUT2D eigenvalue weighted by Gasteiger charge is -2.35. The number of H-pyrrole nitrogens is 1. The van der Waals surface area contributed by atoms with Gasteiger partial charge in [0.2, 0.25) is 0 Å². The lowest BCUT2D eigenvalue weighted by atomic mass is 9.86. The molecule has 0 aliphatic carbocycles. The van der Waals surface area contributed by atoms with Gasteiger partial charge in [-0.05, 0) is 30.5 Å². The van der Waals surface area contributed by atoms with Crippen LogP contribution in [0.4, 0.5) is 6.01 Å². The standard InChI is InChI=1S/C21H20N6O/c1-13-7-9-26(21-25-16-4-2-3-5-18(16)28-21)12-15(13)20-24-11-14-10-23-19-17(27(14)20)6-8-22-19/h2-6,8,10-11,13,15,22H,7,9,12H2,1H3/t13-,15+/m1/s1. The van der Waals surface area contributed by atoms with Gasteiger partial charge in [-0.15, -0.1) is 0 Å². The van der Waals surface area contributed by atoms with Crippen LogP contribution >= 0.6 is 0 Å². The van der Waals surface area contributed by atoms with Gasteiger partial charge in [-0.1, -0.05) is 19.1 Å². The van der Waals surface area contributed by atoms with Gasteiger partial charge in [-0.25, -0.2) is 9.97 Å². The Bertz CT molecular complexity index is 1270. The van der Waals surface area contributed by atoms with Crippen LogP contribution in [0, 0.1) is 5.92 Å². The molecule has 0 amide bonds. The molecule has 1 aliphatic heterocycles. The first kappa shape index (κ1) is 15.7. The molecule has 0 radical (unpaired) electrons. The first-order valence-electron chi connectivity index (χ1n) is 9.68. The normalized spacial score (nSPS) is 20.5. The molecular weight excluding hydrogens is 352 g/mol. The van der Waals surface area contributed by atoms with Crippen molar-refractivity contribution in [3.8, 4) is 0 Å². The number of hydrogen-bond acceptors (Lipinski definition) is 5. The Labute approximate surface area is 161 Å². The lowest BCUT2D eigenvalue weighted by Crippen LogP contribution is -2.39. The van der Waals surface area contributed by atoms with Gasteiger partial charge in [0.1, 0.15) is 11.3 Å². The van der Waals surface area contributed by atoms with Crippen LogP contribution in [-0.4, -0.2) is 37.4 Å². The van der Waals surface area contributed by atoms with E-state index in [2.05, 4.69) is 32.3 Å². The zero-order valence-electron chi connectivity index (χ0n) is 15.5. The molecule has 4 aromatic heterocycles. The number of oxazole rings is 1. The van der Waals surface area contributed by atoms with Gasteiger partial charge >= 0.3 is 0 Å². The van der Waals surface area contributed by atoms with E-state index < -0.39 is 0 Å². The second kappa shape index (κ2) is 5.82. The van der Waals surface area contributed by atoms with E-state index in [1.54, 1.807) is 0 Å². The number of anilines is 1. The van der Waals surface area contributed by atoms with Gasteiger partial charge in [-0.2, -0.15) is 4.98 Å². The Balaban J connectivity index is 1.42. The van der Waals surface area contributed by atoms with Crippen molar-refractivity contribution >= 4 is 33.8 Å². The number of hydrogen-bond donors (Lipinski definition) is 1. The maximum absolute atomic E-state index is 6.03. The Kier molecular flexibility index (Phi) is 3.26. The molecule has 7 heteroatoms. The van der Waals surface area contributed by atoms with Crippen molar-refractivity contribution in [2.75, 3.05) is 18.0 Å². The van der Waals surface area contributed by atoms with Crippen molar-refractivity contribution < 1.29 is 4.42 Å². The molecule has 1 saturated heterocycles. The SMILES string of the molecule is C[C@@H]1CCN(c2nc3ccccc3o2)C[C@@H]1c1ncc2cnc3[nH]ccc3n12. The second-order valence-corrected chi connectivity index (χ2v) is 7.63. The van der Waals surface area contributed by atoms with Gasteiger partial charge in [0.25, 0.3) is 6.01 Å². The smallest absolute Gasteiger partial charge is 0.298 e. The predicted octanol–water partition coefficient (Wildman–Crippen LogP) is 3.98. The van der Waals surface area contributed by atoms with Crippen molar-refractivity contribution in [1.82, 2.24) is 24.3 Å². The molecule has 1 N–H and O–H groups in total. The number of imidazole rings is 1. The van der Waals surface area contributed by atoms with E-state index >= 15 is 0 Å². The lowest BCUT2D eigenvalue weighted by molar-refractivity contribution is 0.354. The van der Waals surface area contributed by atoms with E-state index in [4.69, 9.17) is 14.4 Å². The van der Waals surface area contributed by atoms with Gasteiger partial charge in [0.15, 0.2) is 11.2 Å². The number of nitrogens with zero attached hydrogens (tertiary/aromatic N) is 5. The van der Waals surface area contributed by atoms with Gasteiger partial charge in [0.05, 0.1) is 23.4 Å². The Morgan fingerprint density at radius 3 is 2.96 bits per heavy atom. The first-order valence-corrected chi connectivity index (χ1v) is 9.68. The zero-order valence-corrected chi connectivity index (χ0v) is 15.5. The highest BCUT2D eigenvalue weighted by molar-refractivity contribution is 5.76. The summed E-state index contributed by atoms with van der Waals surface area (Å²) in [7, 11) is 0. The summed E-state index contributed by atoms with van der Waals surface area (Å²) in [5, 5.41) is 0. The van der Waals surface area contributed by atoms with Gasteiger partial charge < -0.3 is 14.3 Å². The fourth-order valence-corrected chi connectivity index (χ4v) is 4.34. The summed E-state index contributed by atoms with van der Waals surface area (Å²) in [6, 6.07) is 10.7. The van der Waals surface area contributed by atoms with E-state index in [0.717, 1.165) is 53.1 Å². The van der Waals surface area contributed by atoms with Crippen LogP contribution in [0.5, 0.6) is 0 Å². The number of para-hydroxylation sites is 2. The molecule has 1 fully saturated rings. The minimum Gasteiger partial charge on any atom is -0.423 e. The first-order chi connectivity index (χ1) is 13.8. The van der Waals surface area contributed by atoms with Gasteiger partial charge in [0, 0.05) is 25.2 Å². The molecular formula is C21H20N6O. The molecule has 0 saturated carbocycles. The minimum absolute atomic E-state index is 0.284. The van der Waals surface area contributed by atoms with Crippen LogP contribution in [0.25, 0.3) is 27.8 Å². The van der Waals surface area contributed by atoms with Crippen LogP contribution in [-0.2, 0) is 0 Å². The number of nitrogens with one attached hydrogen (secondary N) is 1. The molecule has 5 aromatic rings. The fraction of sp³-hybridized carbons (Fsp3) is 0.286. The Hall–Kier alpha value is -3.35. The maximum atomic E-state index is 6.03. The molecule has 2 atom stereocenters. The summed E-state index contributed by atoms with van der Waals surface area (Å²) in [4.78, 5) is 19.4. The van der Waals surface area contributed by atoms with Crippen molar-refractivity contribution in [1.29, 1.82) is 0 Å². The van der Waals surface area contributed by atoms with Crippen molar-refractivity contribution in [3.63, 3.8) is 0 Å². The van der Waals surface area contributed by atoms with Crippen LogP contribution in [0.1, 0.15) is 25.1 Å². The topological polar surface area (TPSA) is 75.2 Å². The fourth-order valence-electron chi connectivity index (χ4n) is 4.34. The number of fused-ring (bicyclic) bond motifs is 4. The third-order valence-corrected chi connectivity index (χ3v) is 5.93. The van der Waals surface area contributed by atoms with Crippen LogP contribution in [0.3, 0.4) is 0 Å². The van der Waals surface area contributed by atoms with Crippen molar-refractivity contribution in [2.24, 2.45) is 5.92 Å². The Morgan fingerprint density at radius 2 is 2.04 bits per heavy atom. The summed E-state index contributed by atoms with van der Waals surface area (Å²) in [5.74, 6) is 1.88. The molecule has 1 aromatic carbocycles. The van der Waals surface area contributed by atoms with Gasteiger partial charge in [-0.3, -0.25) is 4.40 Å². The molecule has 6 rings (SSSR count). The third-order valence-electron chi connectivity index (χ3n) is 5.93. The summed E-state index contributed by atoms with van der Waals surface area (Å²) in [6.07, 6.45) is 6.79. The van der Waals surface area contributed by atoms with Crippen LogP contribution < -0.4 is 4.90 Å². The largest absolute Gasteiger partial charge is 0.423 e. The van der Waals surface area contributed by atoms with Crippen LogP contribution in [0.2, 0.25) is 0 Å². The average molecular weight is 372 g/mol. The summed E-state index contributed by atoms with van der Waals surface area (Å²) in [6.45, 7) is 4.08. The summed E-state index contributed by atoms with van der Waals surface area (Å²) in [5.41, 5.74) is 4.70. The highest BCUT2D eigenvalue weighted by Gasteiger charge is 2.32. The minimum atomic E-state index is 0.284. The molecule has 5 heterocycles. The third kappa shape index (κ3) is 2.25. The summed E-state index contributed by atoms with van der Waals surface area (Å²) < 4.78 is 8.26. The molecule has 28 heavy (non-hydrogen) atoms. The van der Waals surface area contributed by atoms with E-state index in [9.17, 15) is 0 Å². The molecule has 140 valence electrons. The van der Waals surface area contributed by atoms with E-state index in [1.807, 2.05) is 42.9 Å². The van der Waals surface area contributed by atoms with E-state index in [-0.39, 0.29) is 5.92 Å². The predicted molar refractivity (Wildman–Crippen MR) is 108 cm³/mol.